The standard InChI is InChI=1S/C22H18ClN3O3/c23-18-6-8-19(9-7-18)26-14-16(13-25-26)12-24-22(27)21-17(10-11-28-21)15-29-20-4-2-1-3-5-20/h1-11,13-14H,12,15H2,(H,24,27). The maximum Gasteiger partial charge on any atom is 0.287 e. The van der Waals surface area contributed by atoms with Crippen LogP contribution in [-0.2, 0) is 13.2 Å². The average Bonchev–Trinajstić information content (AvgIpc) is 3.41. The van der Waals surface area contributed by atoms with Crippen molar-refractivity contribution in [2.45, 2.75) is 13.2 Å². The first kappa shape index (κ1) is 18.8. The van der Waals surface area contributed by atoms with Gasteiger partial charge in [0.1, 0.15) is 12.4 Å². The number of nitrogens with zero attached hydrogens (tertiary/aromatic N) is 2. The maximum atomic E-state index is 12.5. The van der Waals surface area contributed by atoms with Gasteiger partial charge in [0.15, 0.2) is 5.76 Å². The van der Waals surface area contributed by atoms with Gasteiger partial charge in [-0.1, -0.05) is 29.8 Å². The van der Waals surface area contributed by atoms with Crippen molar-refractivity contribution in [3.05, 3.63) is 101 Å². The Bertz CT molecular complexity index is 1090. The number of carbonyl (C=O) groups excluding carboxylic acids is 1. The molecular weight excluding hydrogens is 390 g/mol. The highest BCUT2D eigenvalue weighted by molar-refractivity contribution is 6.30. The molecule has 0 aliphatic carbocycles. The smallest absolute Gasteiger partial charge is 0.287 e. The van der Waals surface area contributed by atoms with E-state index in [2.05, 4.69) is 10.4 Å². The topological polar surface area (TPSA) is 69.3 Å². The predicted molar refractivity (Wildman–Crippen MR) is 109 cm³/mol. The average molecular weight is 408 g/mol. The summed E-state index contributed by atoms with van der Waals surface area (Å²) in [5.41, 5.74) is 2.43. The predicted octanol–water partition coefficient (Wildman–Crippen LogP) is 4.63. The number of furan rings is 1. The van der Waals surface area contributed by atoms with E-state index < -0.39 is 0 Å². The van der Waals surface area contributed by atoms with E-state index >= 15 is 0 Å². The van der Waals surface area contributed by atoms with Crippen LogP contribution in [0.1, 0.15) is 21.7 Å². The minimum atomic E-state index is -0.305. The van der Waals surface area contributed by atoms with Gasteiger partial charge in [0, 0.05) is 28.9 Å². The summed E-state index contributed by atoms with van der Waals surface area (Å²) in [6.07, 6.45) is 5.04. The van der Waals surface area contributed by atoms with Gasteiger partial charge in [0.25, 0.3) is 5.91 Å². The molecule has 0 aliphatic rings. The second-order valence-electron chi connectivity index (χ2n) is 6.33. The van der Waals surface area contributed by atoms with Gasteiger partial charge in [-0.3, -0.25) is 4.79 Å². The first-order valence-electron chi connectivity index (χ1n) is 9.01. The zero-order valence-corrected chi connectivity index (χ0v) is 16.2. The number of carbonyl (C=O) groups is 1. The second kappa shape index (κ2) is 8.67. The van der Waals surface area contributed by atoms with E-state index in [4.69, 9.17) is 20.8 Å². The van der Waals surface area contributed by atoms with Crippen molar-refractivity contribution in [3.8, 4) is 11.4 Å². The van der Waals surface area contributed by atoms with Gasteiger partial charge in [-0.05, 0) is 42.5 Å². The van der Waals surface area contributed by atoms with Gasteiger partial charge in [-0.15, -0.1) is 0 Å². The van der Waals surface area contributed by atoms with E-state index in [1.54, 1.807) is 29.1 Å². The molecule has 29 heavy (non-hydrogen) atoms. The summed E-state index contributed by atoms with van der Waals surface area (Å²) in [6, 6.07) is 18.5. The van der Waals surface area contributed by atoms with Crippen molar-refractivity contribution in [2.75, 3.05) is 0 Å². The molecule has 2 aromatic carbocycles. The summed E-state index contributed by atoms with van der Waals surface area (Å²) in [7, 11) is 0. The number of hydrogen-bond acceptors (Lipinski definition) is 4. The first-order chi connectivity index (χ1) is 14.2. The molecule has 0 aliphatic heterocycles. The normalized spacial score (nSPS) is 10.7. The van der Waals surface area contributed by atoms with Crippen molar-refractivity contribution < 1.29 is 13.9 Å². The lowest BCUT2D eigenvalue weighted by Crippen LogP contribution is -2.23. The summed E-state index contributed by atoms with van der Waals surface area (Å²) in [6.45, 7) is 0.573. The molecule has 0 saturated carbocycles. The van der Waals surface area contributed by atoms with Crippen molar-refractivity contribution in [1.29, 1.82) is 0 Å². The fourth-order valence-electron chi connectivity index (χ4n) is 2.78. The Morgan fingerprint density at radius 3 is 2.69 bits per heavy atom. The number of aromatic nitrogens is 2. The van der Waals surface area contributed by atoms with Crippen LogP contribution in [0.25, 0.3) is 5.69 Å². The number of benzene rings is 2. The van der Waals surface area contributed by atoms with E-state index in [1.165, 1.54) is 6.26 Å². The first-order valence-corrected chi connectivity index (χ1v) is 9.39. The van der Waals surface area contributed by atoms with Gasteiger partial charge >= 0.3 is 0 Å². The molecular formula is C22H18ClN3O3. The molecule has 0 atom stereocenters. The number of nitrogens with one attached hydrogen (secondary N) is 1. The van der Waals surface area contributed by atoms with Crippen LogP contribution in [0.3, 0.4) is 0 Å². The Morgan fingerprint density at radius 1 is 1.10 bits per heavy atom. The zero-order chi connectivity index (χ0) is 20.1. The second-order valence-corrected chi connectivity index (χ2v) is 6.77. The molecule has 0 spiro atoms. The molecule has 2 heterocycles. The zero-order valence-electron chi connectivity index (χ0n) is 15.4. The molecule has 4 aromatic rings. The number of rotatable bonds is 7. The lowest BCUT2D eigenvalue weighted by atomic mass is 10.2. The van der Waals surface area contributed by atoms with Crippen molar-refractivity contribution in [3.63, 3.8) is 0 Å². The van der Waals surface area contributed by atoms with Crippen LogP contribution in [0.2, 0.25) is 5.02 Å². The summed E-state index contributed by atoms with van der Waals surface area (Å²) >= 11 is 5.91. The Kier molecular flexibility index (Phi) is 5.63. The highest BCUT2D eigenvalue weighted by Crippen LogP contribution is 2.16. The quantitative estimate of drug-likeness (QED) is 0.485. The van der Waals surface area contributed by atoms with Crippen LogP contribution >= 0.6 is 11.6 Å². The lowest BCUT2D eigenvalue weighted by Gasteiger charge is -2.06. The molecule has 2 aromatic heterocycles. The van der Waals surface area contributed by atoms with Crippen molar-refractivity contribution in [1.82, 2.24) is 15.1 Å². The minimum absolute atomic E-state index is 0.242. The molecule has 0 saturated heterocycles. The third kappa shape index (κ3) is 4.67. The third-order valence-corrected chi connectivity index (χ3v) is 4.52. The lowest BCUT2D eigenvalue weighted by molar-refractivity contribution is 0.0919. The molecule has 1 N–H and O–H groups in total. The van der Waals surface area contributed by atoms with Crippen molar-refractivity contribution >= 4 is 17.5 Å². The van der Waals surface area contributed by atoms with E-state index in [0.29, 0.717) is 17.1 Å². The molecule has 7 heteroatoms. The number of para-hydroxylation sites is 1. The van der Waals surface area contributed by atoms with Crippen LogP contribution in [0.15, 0.2) is 83.7 Å². The van der Waals surface area contributed by atoms with Crippen molar-refractivity contribution in [2.24, 2.45) is 0 Å². The monoisotopic (exact) mass is 407 g/mol. The molecule has 0 fully saturated rings. The van der Waals surface area contributed by atoms with Crippen LogP contribution in [-0.4, -0.2) is 15.7 Å². The molecule has 146 valence electrons. The fraction of sp³-hybridized carbons (Fsp3) is 0.0909. The Hall–Kier alpha value is -3.51. The highest BCUT2D eigenvalue weighted by atomic mass is 35.5. The summed E-state index contributed by atoms with van der Waals surface area (Å²) < 4.78 is 12.8. The van der Waals surface area contributed by atoms with Gasteiger partial charge in [-0.2, -0.15) is 5.10 Å². The minimum Gasteiger partial charge on any atom is -0.489 e. The number of halogens is 1. The highest BCUT2D eigenvalue weighted by Gasteiger charge is 2.16. The van der Waals surface area contributed by atoms with Gasteiger partial charge < -0.3 is 14.5 Å². The van der Waals surface area contributed by atoms with E-state index in [1.807, 2.05) is 48.7 Å². The number of amides is 1. The number of ether oxygens (including phenoxy) is 1. The Labute approximate surface area is 172 Å². The summed E-state index contributed by atoms with van der Waals surface area (Å²) in [5, 5.41) is 7.83. The van der Waals surface area contributed by atoms with Crippen LogP contribution in [0.4, 0.5) is 0 Å². The van der Waals surface area contributed by atoms with Crippen LogP contribution in [0, 0.1) is 0 Å². The molecule has 1 amide bonds. The maximum absolute atomic E-state index is 12.5. The van der Waals surface area contributed by atoms with Gasteiger partial charge in [-0.25, -0.2) is 4.68 Å². The third-order valence-electron chi connectivity index (χ3n) is 4.27. The molecule has 0 radical (unpaired) electrons. The Balaban J connectivity index is 1.36. The van der Waals surface area contributed by atoms with E-state index in [9.17, 15) is 4.79 Å². The molecule has 6 nitrogen and oxygen atoms in total. The molecule has 4 rings (SSSR count). The fourth-order valence-corrected chi connectivity index (χ4v) is 2.90. The van der Waals surface area contributed by atoms with Gasteiger partial charge in [0.2, 0.25) is 0 Å². The van der Waals surface area contributed by atoms with Crippen LogP contribution in [0.5, 0.6) is 5.75 Å². The summed E-state index contributed by atoms with van der Waals surface area (Å²) in [5.74, 6) is 0.668. The molecule has 0 unspecified atom stereocenters. The van der Waals surface area contributed by atoms with E-state index in [-0.39, 0.29) is 18.3 Å². The van der Waals surface area contributed by atoms with E-state index in [0.717, 1.165) is 17.0 Å². The van der Waals surface area contributed by atoms with Gasteiger partial charge in [0.05, 0.1) is 18.1 Å². The Morgan fingerprint density at radius 2 is 1.90 bits per heavy atom. The van der Waals surface area contributed by atoms with Crippen LogP contribution < -0.4 is 10.1 Å². The summed E-state index contributed by atoms with van der Waals surface area (Å²) in [4.78, 5) is 12.5. The SMILES string of the molecule is O=C(NCc1cnn(-c2ccc(Cl)cc2)c1)c1occc1COc1ccccc1. The molecule has 0 bridgehead atoms. The largest absolute Gasteiger partial charge is 0.489 e. The number of hydrogen-bond donors (Lipinski definition) is 1.